The van der Waals surface area contributed by atoms with Crippen LogP contribution in [0.5, 0.6) is 5.75 Å². The van der Waals surface area contributed by atoms with Gasteiger partial charge in [0.2, 0.25) is 17.8 Å². The maximum Gasteiger partial charge on any atom is 0.336 e. The second-order valence-corrected chi connectivity index (χ2v) is 25.3. The van der Waals surface area contributed by atoms with Crippen LogP contribution in [0, 0.1) is 0 Å². The van der Waals surface area contributed by atoms with Gasteiger partial charge in [0.25, 0.3) is 11.5 Å². The number of amides is 3. The number of nitrogen functional groups attached to an aromatic ring is 1. The fraction of sp³-hybridized carbons (Fsp3) is 0.519. The Labute approximate surface area is 669 Å². The fourth-order valence-corrected chi connectivity index (χ4v) is 10.8. The van der Waals surface area contributed by atoms with Gasteiger partial charge in [-0.25, -0.2) is 19.6 Å². The topological polar surface area (TPSA) is 484 Å². The molecule has 0 bridgehead atoms. The zero-order valence-electron chi connectivity index (χ0n) is 64.3. The molecule has 37 nitrogen and oxygen atoms in total. The highest BCUT2D eigenvalue weighted by atomic mass is 32.1. The monoisotopic (exact) mass is 1630 g/mol. The largest absolute Gasteiger partial charge is 0.508 e. The predicted octanol–water partition coefficient (Wildman–Crippen LogP) is 3.79. The summed E-state index contributed by atoms with van der Waals surface area (Å²) in [6.45, 7) is 13.5. The number of hydrogen-bond acceptors (Lipinski definition) is 30. The number of rotatable bonds is 65. The van der Waals surface area contributed by atoms with E-state index < -0.39 is 29.4 Å². The predicted molar refractivity (Wildman–Crippen MR) is 424 cm³/mol. The third-order valence-electron chi connectivity index (χ3n) is 16.2. The summed E-state index contributed by atoms with van der Waals surface area (Å²) in [5.74, 6) is -3.38. The van der Waals surface area contributed by atoms with Crippen LogP contribution in [0.4, 0.5) is 17.3 Å². The van der Waals surface area contributed by atoms with Crippen LogP contribution in [0.15, 0.2) is 99.1 Å². The number of anilines is 3. The summed E-state index contributed by atoms with van der Waals surface area (Å²) in [5, 5.41) is 48.1. The molecular formula is C77H105N11O26S. The number of aromatic amines is 1. The van der Waals surface area contributed by atoms with E-state index in [-0.39, 0.29) is 94.5 Å². The lowest BCUT2D eigenvalue weighted by Gasteiger charge is -2.18. The van der Waals surface area contributed by atoms with Crippen LogP contribution < -0.4 is 48.6 Å². The van der Waals surface area contributed by atoms with Gasteiger partial charge in [0, 0.05) is 91.3 Å². The van der Waals surface area contributed by atoms with Crippen LogP contribution in [0.3, 0.4) is 0 Å². The van der Waals surface area contributed by atoms with Crippen LogP contribution in [0.25, 0.3) is 44.6 Å². The molecule has 1 aliphatic heterocycles. The molecule has 0 fully saturated rings. The summed E-state index contributed by atoms with van der Waals surface area (Å²) in [6, 6.07) is 18.7. The SMILES string of the molecule is Nc1nc2ncc(CNc3ccc(C(=O)N[C@@H](CCC(=O)NCCCOCCOCCOCCCNC(=O)CCOCCOCCOCCOCCOCCOCCOCCOCCOCCOCCOCCOCCNC(=S)Nc4ccc(-c5c6ccc(=O)cc-6oc6cc(O)ccc56)c(C(=O)O)c4)C(=O)O)cc3)nc2c(=O)[nH]1. The molecule has 7 rings (SSSR count). The van der Waals surface area contributed by atoms with E-state index in [0.29, 0.717) is 269 Å². The number of benzene rings is 4. The third-order valence-corrected chi connectivity index (χ3v) is 16.5. The van der Waals surface area contributed by atoms with Gasteiger partial charge < -0.3 is 128 Å². The fourth-order valence-electron chi connectivity index (χ4n) is 10.5. The van der Waals surface area contributed by atoms with Crippen LogP contribution >= 0.6 is 12.2 Å². The first-order valence-corrected chi connectivity index (χ1v) is 38.2. The molecule has 2 aliphatic rings. The number of aromatic carboxylic acids is 1. The normalized spacial score (nSPS) is 11.7. The highest BCUT2D eigenvalue weighted by Crippen LogP contribution is 2.42. The zero-order valence-corrected chi connectivity index (χ0v) is 65.1. The number of nitrogens with two attached hydrogens (primary N) is 1. The quantitative estimate of drug-likeness (QED) is 0.0147. The van der Waals surface area contributed by atoms with Gasteiger partial charge in [-0.05, 0) is 97.7 Å². The van der Waals surface area contributed by atoms with Crippen molar-refractivity contribution in [2.24, 2.45) is 0 Å². The summed E-state index contributed by atoms with van der Waals surface area (Å²) in [4.78, 5) is 101. The van der Waals surface area contributed by atoms with Crippen molar-refractivity contribution in [1.29, 1.82) is 0 Å². The number of phenolic OH excluding ortho intramolecular Hbond substituents is 1. The van der Waals surface area contributed by atoms with E-state index in [2.05, 4.69) is 51.8 Å². The van der Waals surface area contributed by atoms with E-state index in [1.807, 2.05) is 0 Å². The lowest BCUT2D eigenvalue weighted by atomic mass is 9.90. The van der Waals surface area contributed by atoms with Crippen molar-refractivity contribution in [3.05, 3.63) is 122 Å². The standard InChI is InChI=1S/C77H105N11O26S/c78-76-87-71-70(73(94)88-76)84-57(53-83-71)52-82-55-5-3-54(4-6-55)72(93)86-64(75(97)98)13-14-67(91)79-16-1-19-99-23-27-103-28-24-100-20-2-17-80-68(92)15-21-101-25-29-104-31-33-106-35-37-108-39-41-110-43-45-112-47-48-113-46-44-111-42-40-109-38-36-107-34-32-105-30-26-102-22-18-81-77(115)85-56-7-10-60(63(49-56)74(95)96)69-61-11-8-58(89)50-65(61)114-66-51-59(90)9-12-62(66)69/h3-12,49-51,53,64,82,89H,1-2,13-48,52H2,(H,79,91)(H,80,92)(H,86,93)(H,95,96)(H,97,98)(H2,81,85,115)(H3,78,83,87,88,94)/t64-/m0/s1. The molecule has 0 radical (unpaired) electrons. The molecule has 0 saturated heterocycles. The minimum absolute atomic E-state index is 0.00760. The number of aliphatic carboxylic acids is 1. The van der Waals surface area contributed by atoms with Crippen molar-refractivity contribution >= 4 is 86.4 Å². The number of fused-ring (bicyclic) bond motifs is 3. The molecule has 12 N–H and O–H groups in total. The van der Waals surface area contributed by atoms with Crippen molar-refractivity contribution in [1.82, 2.24) is 41.2 Å². The summed E-state index contributed by atoms with van der Waals surface area (Å²) < 4.78 is 89.0. The number of ether oxygens (including phenoxy) is 15. The number of phenols is 1. The molecule has 3 amide bonds. The number of aromatic nitrogens is 4. The highest BCUT2D eigenvalue weighted by Gasteiger charge is 2.25. The molecule has 1 aliphatic carbocycles. The van der Waals surface area contributed by atoms with Gasteiger partial charge in [0.1, 0.15) is 23.1 Å². The Morgan fingerprint density at radius 2 is 0.991 bits per heavy atom. The third kappa shape index (κ3) is 37.7. The van der Waals surface area contributed by atoms with E-state index in [0.717, 1.165) is 0 Å². The molecule has 0 unspecified atom stereocenters. The van der Waals surface area contributed by atoms with Gasteiger partial charge >= 0.3 is 11.9 Å². The Kier molecular flexibility index (Phi) is 44.9. The number of carbonyl (C=O) groups is 5. The molecule has 630 valence electrons. The second kappa shape index (κ2) is 55.8. The van der Waals surface area contributed by atoms with Crippen molar-refractivity contribution in [3.63, 3.8) is 0 Å². The van der Waals surface area contributed by atoms with Crippen LogP contribution in [0.2, 0.25) is 0 Å². The molecule has 0 spiro atoms. The molecule has 38 heteroatoms. The zero-order chi connectivity index (χ0) is 81.7. The molecule has 0 saturated carbocycles. The Hall–Kier alpha value is -9.59. The number of H-pyrrole nitrogens is 1. The van der Waals surface area contributed by atoms with E-state index in [1.54, 1.807) is 36.4 Å². The minimum Gasteiger partial charge on any atom is -0.508 e. The van der Waals surface area contributed by atoms with Crippen LogP contribution in [0.1, 0.15) is 58.5 Å². The van der Waals surface area contributed by atoms with Gasteiger partial charge in [-0.1, -0.05) is 6.07 Å². The lowest BCUT2D eigenvalue weighted by molar-refractivity contribution is -0.139. The average Bonchev–Trinajstić information content (AvgIpc) is 0.748. The summed E-state index contributed by atoms with van der Waals surface area (Å²) in [6.07, 6.45) is 2.63. The molecule has 3 aromatic carbocycles. The summed E-state index contributed by atoms with van der Waals surface area (Å²) in [5.41, 5.74) is 8.45. The van der Waals surface area contributed by atoms with Gasteiger partial charge in [0.05, 0.1) is 209 Å². The second-order valence-electron chi connectivity index (χ2n) is 24.9. The number of carboxylic acids is 2. The molecular weight excluding hydrogens is 1530 g/mol. The van der Waals surface area contributed by atoms with Crippen molar-refractivity contribution in [3.8, 4) is 28.2 Å². The summed E-state index contributed by atoms with van der Waals surface area (Å²) in [7, 11) is 0. The first-order chi connectivity index (χ1) is 56.1. The number of carboxylic acid groups (broad SMARTS) is 2. The molecule has 5 aromatic rings. The van der Waals surface area contributed by atoms with E-state index in [4.69, 9.17) is 93.4 Å². The van der Waals surface area contributed by atoms with Gasteiger partial charge in [-0.15, -0.1) is 0 Å². The van der Waals surface area contributed by atoms with E-state index in [9.17, 15) is 48.9 Å². The molecule has 3 heterocycles. The van der Waals surface area contributed by atoms with E-state index in [1.165, 1.54) is 48.7 Å². The van der Waals surface area contributed by atoms with Gasteiger partial charge in [-0.2, -0.15) is 4.98 Å². The summed E-state index contributed by atoms with van der Waals surface area (Å²) >= 11 is 5.44. The number of aromatic hydroxyl groups is 1. The Balaban J connectivity index is 0.518. The highest BCUT2D eigenvalue weighted by molar-refractivity contribution is 7.80. The lowest BCUT2D eigenvalue weighted by Crippen LogP contribution is -2.41. The first kappa shape index (κ1) is 92.6. The Morgan fingerprint density at radius 1 is 0.513 bits per heavy atom. The number of thiocarbonyl (C=S) groups is 1. The average molecular weight is 1630 g/mol. The Bertz CT molecular complexity index is 4130. The Morgan fingerprint density at radius 3 is 1.50 bits per heavy atom. The number of hydrogen-bond donors (Lipinski definition) is 11. The van der Waals surface area contributed by atoms with Crippen LogP contribution in [-0.4, -0.2) is 294 Å². The minimum atomic E-state index is -1.29. The first-order valence-electron chi connectivity index (χ1n) is 37.8. The van der Waals surface area contributed by atoms with Crippen LogP contribution in [-0.2, 0) is 92.0 Å². The number of nitrogens with zero attached hydrogens (tertiary/aromatic N) is 3. The molecule has 1 atom stereocenters. The smallest absolute Gasteiger partial charge is 0.336 e. The van der Waals surface area contributed by atoms with Gasteiger partial charge in [0.15, 0.2) is 21.7 Å². The molecule has 2 aromatic heterocycles. The van der Waals surface area contributed by atoms with E-state index >= 15 is 0 Å². The number of nitrogens with one attached hydrogen (secondary N) is 7. The molecule has 115 heavy (non-hydrogen) atoms. The maximum atomic E-state index is 12.9. The van der Waals surface area contributed by atoms with Gasteiger partial charge in [-0.3, -0.25) is 29.0 Å². The van der Waals surface area contributed by atoms with Crippen molar-refractivity contribution in [2.45, 2.75) is 44.7 Å². The van der Waals surface area contributed by atoms with Crippen molar-refractivity contribution in [2.75, 3.05) is 234 Å². The maximum absolute atomic E-state index is 12.9. The van der Waals surface area contributed by atoms with Crippen molar-refractivity contribution < 1.29 is 115 Å². The number of carbonyl (C=O) groups excluding carboxylic acids is 3.